The first-order chi connectivity index (χ1) is 7.69. The van der Waals surface area contributed by atoms with Crippen LogP contribution in [0.4, 0.5) is 0 Å². The molecule has 1 aromatic rings. The average Bonchev–Trinajstić information content (AvgIpc) is 2.83. The molecule has 16 heavy (non-hydrogen) atoms. The second kappa shape index (κ2) is 4.95. The van der Waals surface area contributed by atoms with Crippen LogP contribution in [0, 0.1) is 5.92 Å². The van der Waals surface area contributed by atoms with Crippen molar-refractivity contribution in [3.05, 3.63) is 16.1 Å². The van der Waals surface area contributed by atoms with Crippen molar-refractivity contribution in [3.8, 4) is 0 Å². The molecule has 0 aliphatic heterocycles. The molecule has 0 saturated heterocycles. The number of rotatable bonds is 4. The van der Waals surface area contributed by atoms with Gasteiger partial charge in [0.05, 0.1) is 17.1 Å². The van der Waals surface area contributed by atoms with Crippen molar-refractivity contribution in [3.63, 3.8) is 0 Å². The third kappa shape index (κ3) is 2.61. The number of aliphatic carboxylic acids is 1. The molecule has 0 bridgehead atoms. The van der Waals surface area contributed by atoms with Crippen molar-refractivity contribution < 1.29 is 9.90 Å². The van der Waals surface area contributed by atoms with Crippen LogP contribution in [-0.2, 0) is 11.2 Å². The summed E-state index contributed by atoms with van der Waals surface area (Å²) in [5.41, 5.74) is 0.715. The van der Waals surface area contributed by atoms with Gasteiger partial charge in [-0.05, 0) is 25.2 Å². The van der Waals surface area contributed by atoms with E-state index in [9.17, 15) is 4.79 Å². The summed E-state index contributed by atoms with van der Waals surface area (Å²) in [6.07, 6.45) is 5.06. The maximum atomic E-state index is 10.6. The molecule has 2 atom stereocenters. The highest BCUT2D eigenvalue weighted by molar-refractivity contribution is 7.09. The van der Waals surface area contributed by atoms with Gasteiger partial charge in [-0.25, -0.2) is 4.98 Å². The molecular weight excluding hydrogens is 222 g/mol. The fourth-order valence-corrected chi connectivity index (χ4v) is 3.39. The fourth-order valence-electron chi connectivity index (χ4n) is 2.42. The van der Waals surface area contributed by atoms with E-state index in [1.54, 1.807) is 11.3 Å². The molecule has 0 amide bonds. The third-order valence-corrected chi connectivity index (χ3v) is 4.43. The summed E-state index contributed by atoms with van der Waals surface area (Å²) in [5.74, 6) is 0.629. The van der Waals surface area contributed by atoms with Crippen molar-refractivity contribution >= 4 is 17.3 Å². The van der Waals surface area contributed by atoms with Crippen LogP contribution in [0.2, 0.25) is 0 Å². The number of carboxylic acid groups (broad SMARTS) is 1. The van der Waals surface area contributed by atoms with E-state index in [2.05, 4.69) is 11.9 Å². The molecule has 1 aliphatic carbocycles. The number of hydrogen-bond donors (Lipinski definition) is 1. The SMILES string of the molecule is CCC1CCC(c2nc(CC(=O)O)cs2)C1. The lowest BCUT2D eigenvalue weighted by Gasteiger charge is -2.06. The molecule has 4 heteroatoms. The van der Waals surface area contributed by atoms with Gasteiger partial charge >= 0.3 is 5.97 Å². The molecule has 0 spiro atoms. The maximum Gasteiger partial charge on any atom is 0.309 e. The monoisotopic (exact) mass is 239 g/mol. The number of aromatic nitrogens is 1. The summed E-state index contributed by atoms with van der Waals surface area (Å²) >= 11 is 1.63. The molecule has 2 unspecified atom stereocenters. The maximum absolute atomic E-state index is 10.6. The van der Waals surface area contributed by atoms with E-state index in [1.165, 1.54) is 25.7 Å². The highest BCUT2D eigenvalue weighted by Gasteiger charge is 2.26. The van der Waals surface area contributed by atoms with E-state index in [1.807, 2.05) is 5.38 Å². The molecule has 88 valence electrons. The molecule has 1 fully saturated rings. The topological polar surface area (TPSA) is 50.2 Å². The van der Waals surface area contributed by atoms with Crippen LogP contribution in [-0.4, -0.2) is 16.1 Å². The van der Waals surface area contributed by atoms with Gasteiger partial charge in [0, 0.05) is 11.3 Å². The highest BCUT2D eigenvalue weighted by Crippen LogP contribution is 2.40. The zero-order chi connectivity index (χ0) is 11.5. The first-order valence-electron chi connectivity index (χ1n) is 5.85. The minimum absolute atomic E-state index is 0.0560. The lowest BCUT2D eigenvalue weighted by Crippen LogP contribution is -2.01. The quantitative estimate of drug-likeness (QED) is 0.878. The predicted molar refractivity (Wildman–Crippen MR) is 63.8 cm³/mol. The average molecular weight is 239 g/mol. The van der Waals surface area contributed by atoms with Gasteiger partial charge < -0.3 is 5.11 Å². The fraction of sp³-hybridized carbons (Fsp3) is 0.667. The predicted octanol–water partition coefficient (Wildman–Crippen LogP) is 3.06. The van der Waals surface area contributed by atoms with E-state index in [0.29, 0.717) is 11.6 Å². The van der Waals surface area contributed by atoms with Crippen molar-refractivity contribution in [2.24, 2.45) is 5.92 Å². The Morgan fingerprint density at radius 1 is 1.62 bits per heavy atom. The zero-order valence-corrected chi connectivity index (χ0v) is 10.3. The molecule has 2 rings (SSSR count). The van der Waals surface area contributed by atoms with Gasteiger partial charge in [-0.3, -0.25) is 4.79 Å². The second-order valence-electron chi connectivity index (χ2n) is 4.53. The Bertz CT molecular complexity index is 375. The van der Waals surface area contributed by atoms with Gasteiger partial charge in [-0.1, -0.05) is 13.3 Å². The van der Waals surface area contributed by atoms with Crippen molar-refractivity contribution in [2.45, 2.75) is 44.9 Å². The van der Waals surface area contributed by atoms with E-state index in [-0.39, 0.29) is 6.42 Å². The molecule has 1 N–H and O–H groups in total. The van der Waals surface area contributed by atoms with E-state index >= 15 is 0 Å². The Labute approximate surface area is 99.5 Å². The van der Waals surface area contributed by atoms with Crippen LogP contribution in [0.15, 0.2) is 5.38 Å². The first kappa shape index (κ1) is 11.6. The third-order valence-electron chi connectivity index (χ3n) is 3.37. The summed E-state index contributed by atoms with van der Waals surface area (Å²) in [6, 6.07) is 0. The molecule has 1 saturated carbocycles. The number of nitrogens with zero attached hydrogens (tertiary/aromatic N) is 1. The van der Waals surface area contributed by atoms with Gasteiger partial charge in [-0.15, -0.1) is 11.3 Å². The number of carbonyl (C=O) groups is 1. The normalized spacial score (nSPS) is 24.8. The van der Waals surface area contributed by atoms with Gasteiger partial charge in [0.1, 0.15) is 0 Å². The van der Waals surface area contributed by atoms with Crippen LogP contribution >= 0.6 is 11.3 Å². The van der Waals surface area contributed by atoms with Gasteiger partial charge in [-0.2, -0.15) is 0 Å². The zero-order valence-electron chi connectivity index (χ0n) is 9.48. The molecule has 1 heterocycles. The Balaban J connectivity index is 1.99. The summed E-state index contributed by atoms with van der Waals surface area (Å²) in [6.45, 7) is 2.24. The minimum Gasteiger partial charge on any atom is -0.481 e. The van der Waals surface area contributed by atoms with E-state index < -0.39 is 5.97 Å². The summed E-state index contributed by atoms with van der Waals surface area (Å²) in [4.78, 5) is 15.0. The van der Waals surface area contributed by atoms with Crippen LogP contribution in [0.1, 0.15) is 49.2 Å². The van der Waals surface area contributed by atoms with Crippen molar-refractivity contribution in [1.82, 2.24) is 4.98 Å². The Morgan fingerprint density at radius 2 is 2.44 bits per heavy atom. The standard InChI is InChI=1S/C12H17NO2S/c1-2-8-3-4-9(5-8)12-13-10(7-16-12)6-11(14)15/h7-9H,2-6H2,1H3,(H,14,15). The smallest absolute Gasteiger partial charge is 0.309 e. The van der Waals surface area contributed by atoms with Crippen LogP contribution in [0.5, 0.6) is 0 Å². The molecule has 0 aromatic carbocycles. The van der Waals surface area contributed by atoms with Crippen LogP contribution in [0.3, 0.4) is 0 Å². The molecule has 1 aliphatic rings. The molecule has 0 radical (unpaired) electrons. The number of hydrogen-bond acceptors (Lipinski definition) is 3. The minimum atomic E-state index is -0.797. The molecular formula is C12H17NO2S. The molecule has 1 aromatic heterocycles. The molecule has 3 nitrogen and oxygen atoms in total. The lowest BCUT2D eigenvalue weighted by molar-refractivity contribution is -0.136. The Morgan fingerprint density at radius 3 is 3.06 bits per heavy atom. The lowest BCUT2D eigenvalue weighted by atomic mass is 10.0. The highest BCUT2D eigenvalue weighted by atomic mass is 32.1. The summed E-state index contributed by atoms with van der Waals surface area (Å²) in [5, 5.41) is 11.7. The van der Waals surface area contributed by atoms with Crippen LogP contribution < -0.4 is 0 Å². The van der Waals surface area contributed by atoms with E-state index in [0.717, 1.165) is 10.9 Å². The summed E-state index contributed by atoms with van der Waals surface area (Å²) < 4.78 is 0. The second-order valence-corrected chi connectivity index (χ2v) is 5.42. The Kier molecular flexibility index (Phi) is 3.59. The Hall–Kier alpha value is -0.900. The number of carboxylic acids is 1. The number of thiazole rings is 1. The van der Waals surface area contributed by atoms with Crippen molar-refractivity contribution in [2.75, 3.05) is 0 Å². The van der Waals surface area contributed by atoms with Gasteiger partial charge in [0.2, 0.25) is 0 Å². The van der Waals surface area contributed by atoms with Crippen LogP contribution in [0.25, 0.3) is 0 Å². The van der Waals surface area contributed by atoms with Crippen molar-refractivity contribution in [1.29, 1.82) is 0 Å². The largest absolute Gasteiger partial charge is 0.481 e. The van der Waals surface area contributed by atoms with Gasteiger partial charge in [0.25, 0.3) is 0 Å². The first-order valence-corrected chi connectivity index (χ1v) is 6.73. The van der Waals surface area contributed by atoms with Gasteiger partial charge in [0.15, 0.2) is 0 Å². The summed E-state index contributed by atoms with van der Waals surface area (Å²) in [7, 11) is 0. The van der Waals surface area contributed by atoms with E-state index in [4.69, 9.17) is 5.11 Å².